The number of nitrogens with one attached hydrogen (secondary N) is 2. The molecule has 10 nitrogen and oxygen atoms in total. The number of aliphatic imine (C=N–C) groups is 1. The van der Waals surface area contributed by atoms with E-state index >= 15 is 0 Å². The molecule has 3 heterocycles. The molecule has 3 aliphatic heterocycles. The van der Waals surface area contributed by atoms with E-state index in [2.05, 4.69) is 51.7 Å². The SMILES string of the molecule is CCCCOC1=NC(N)=C2NC(=O)N(Cc3ccc(CN4CCC(CCNC(=O)c5ccc(O)cc5)CC4)cc3)C2C1. The summed E-state index contributed by atoms with van der Waals surface area (Å²) in [6.07, 6.45) is 5.72. The van der Waals surface area contributed by atoms with Crippen molar-refractivity contribution in [3.8, 4) is 5.75 Å². The number of hydrogen-bond acceptors (Lipinski definition) is 7. The summed E-state index contributed by atoms with van der Waals surface area (Å²) in [5.41, 5.74) is 9.71. The molecule has 0 bridgehead atoms. The number of carbonyl (C=O) groups excluding carboxylic acids is 2. The molecule has 0 saturated carbocycles. The number of nitrogens with zero attached hydrogens (tertiary/aromatic N) is 3. The van der Waals surface area contributed by atoms with Crippen LogP contribution in [0.5, 0.6) is 5.75 Å². The molecule has 0 spiro atoms. The molecular formula is C32H42N6O4. The third kappa shape index (κ3) is 7.42. The van der Waals surface area contributed by atoms with E-state index in [1.54, 1.807) is 12.1 Å². The number of ether oxygens (including phenoxy) is 1. The number of rotatable bonds is 11. The number of carbonyl (C=O) groups is 2. The minimum absolute atomic E-state index is 0.101. The van der Waals surface area contributed by atoms with Crippen molar-refractivity contribution in [3.63, 3.8) is 0 Å². The molecule has 1 atom stereocenters. The van der Waals surface area contributed by atoms with Crippen LogP contribution in [-0.2, 0) is 17.8 Å². The van der Waals surface area contributed by atoms with Crippen LogP contribution in [0.3, 0.4) is 0 Å². The Kier molecular flexibility index (Phi) is 9.63. The van der Waals surface area contributed by atoms with Crippen LogP contribution in [0.1, 0.15) is 66.9 Å². The van der Waals surface area contributed by atoms with Gasteiger partial charge < -0.3 is 31.1 Å². The Hall–Kier alpha value is -4.05. The number of piperidine rings is 1. The van der Waals surface area contributed by atoms with E-state index < -0.39 is 0 Å². The first kappa shape index (κ1) is 29.4. The smallest absolute Gasteiger partial charge is 0.322 e. The normalized spacial score (nSPS) is 19.4. The highest BCUT2D eigenvalue weighted by molar-refractivity contribution is 5.94. The summed E-state index contributed by atoms with van der Waals surface area (Å²) in [7, 11) is 0. The van der Waals surface area contributed by atoms with E-state index in [1.807, 2.05) is 4.90 Å². The molecule has 2 saturated heterocycles. The Morgan fingerprint density at radius 3 is 2.48 bits per heavy atom. The zero-order valence-electron chi connectivity index (χ0n) is 24.3. The summed E-state index contributed by atoms with van der Waals surface area (Å²) in [6.45, 7) is 6.84. The maximum atomic E-state index is 12.8. The first-order chi connectivity index (χ1) is 20.4. The summed E-state index contributed by atoms with van der Waals surface area (Å²) in [4.78, 5) is 33.7. The molecular weight excluding hydrogens is 532 g/mol. The van der Waals surface area contributed by atoms with Crippen LogP contribution in [0, 0.1) is 5.92 Å². The van der Waals surface area contributed by atoms with Crippen LogP contribution in [0.15, 0.2) is 65.0 Å². The van der Waals surface area contributed by atoms with Crippen molar-refractivity contribution in [3.05, 3.63) is 76.7 Å². The predicted molar refractivity (Wildman–Crippen MR) is 161 cm³/mol. The molecule has 224 valence electrons. The topological polar surface area (TPSA) is 133 Å². The zero-order valence-corrected chi connectivity index (χ0v) is 24.3. The van der Waals surface area contributed by atoms with Gasteiger partial charge in [0, 0.05) is 25.2 Å². The standard InChI is InChI=1S/C32H42N6O4/c1-2-3-18-42-28-19-27-29(30(33)35-28)36-32(41)38(27)21-24-6-4-23(5-7-24)20-37-16-13-22(14-17-37)12-15-34-31(40)25-8-10-26(39)11-9-25/h4-11,22,27,39H,2-3,12-21,33H2,1H3,(H,34,40)(H,36,41). The molecule has 42 heavy (non-hydrogen) atoms. The summed E-state index contributed by atoms with van der Waals surface area (Å²) in [5.74, 6) is 1.58. The Morgan fingerprint density at radius 1 is 1.10 bits per heavy atom. The average Bonchev–Trinajstić information content (AvgIpc) is 3.30. The lowest BCUT2D eigenvalue weighted by Crippen LogP contribution is -2.37. The second-order valence-corrected chi connectivity index (χ2v) is 11.4. The van der Waals surface area contributed by atoms with E-state index in [1.165, 1.54) is 17.7 Å². The van der Waals surface area contributed by atoms with Crippen molar-refractivity contribution in [1.82, 2.24) is 20.4 Å². The van der Waals surface area contributed by atoms with Crippen molar-refractivity contribution < 1.29 is 19.4 Å². The highest BCUT2D eigenvalue weighted by Crippen LogP contribution is 2.28. The lowest BCUT2D eigenvalue weighted by Gasteiger charge is -2.32. The summed E-state index contributed by atoms with van der Waals surface area (Å²) < 4.78 is 5.82. The van der Waals surface area contributed by atoms with Gasteiger partial charge in [0.1, 0.15) is 11.6 Å². The van der Waals surface area contributed by atoms with Gasteiger partial charge in [0.15, 0.2) is 5.90 Å². The van der Waals surface area contributed by atoms with E-state index in [0.29, 0.717) is 55.0 Å². The van der Waals surface area contributed by atoms with E-state index in [0.717, 1.165) is 57.3 Å². The Morgan fingerprint density at radius 2 is 1.79 bits per heavy atom. The monoisotopic (exact) mass is 574 g/mol. The van der Waals surface area contributed by atoms with Crippen molar-refractivity contribution in [1.29, 1.82) is 0 Å². The number of fused-ring (bicyclic) bond motifs is 1. The number of benzene rings is 2. The molecule has 0 aliphatic carbocycles. The third-order valence-electron chi connectivity index (χ3n) is 8.32. The number of phenolic OH excluding ortho intramolecular Hbond substituents is 1. The van der Waals surface area contributed by atoms with E-state index in [-0.39, 0.29) is 23.7 Å². The largest absolute Gasteiger partial charge is 0.508 e. The Bertz CT molecular complexity index is 1300. The van der Waals surface area contributed by atoms with Crippen LogP contribution < -0.4 is 16.4 Å². The first-order valence-electron chi connectivity index (χ1n) is 15.0. The molecule has 2 aromatic rings. The highest BCUT2D eigenvalue weighted by atomic mass is 16.5. The van der Waals surface area contributed by atoms with E-state index in [9.17, 15) is 14.7 Å². The highest BCUT2D eigenvalue weighted by Gasteiger charge is 2.40. The van der Waals surface area contributed by atoms with Gasteiger partial charge in [0.2, 0.25) is 0 Å². The number of hydrogen-bond donors (Lipinski definition) is 4. The fraction of sp³-hybridized carbons (Fsp3) is 0.469. The number of amides is 3. The van der Waals surface area contributed by atoms with Gasteiger partial charge in [0.25, 0.3) is 5.91 Å². The van der Waals surface area contributed by atoms with Crippen molar-refractivity contribution in [2.75, 3.05) is 26.2 Å². The van der Waals surface area contributed by atoms with Gasteiger partial charge in [-0.15, -0.1) is 0 Å². The molecule has 10 heteroatoms. The van der Waals surface area contributed by atoms with Gasteiger partial charge in [-0.1, -0.05) is 37.6 Å². The quantitative estimate of drug-likeness (QED) is 0.299. The number of urea groups is 1. The second-order valence-electron chi connectivity index (χ2n) is 11.4. The first-order valence-corrected chi connectivity index (χ1v) is 15.0. The molecule has 2 fully saturated rings. The van der Waals surface area contributed by atoms with Crippen molar-refractivity contribution >= 4 is 17.8 Å². The summed E-state index contributed by atoms with van der Waals surface area (Å²) >= 11 is 0. The molecule has 3 amide bonds. The molecule has 1 unspecified atom stereocenters. The maximum absolute atomic E-state index is 12.8. The summed E-state index contributed by atoms with van der Waals surface area (Å²) in [5, 5.41) is 15.3. The molecule has 0 aromatic heterocycles. The minimum atomic E-state index is -0.186. The predicted octanol–water partition coefficient (Wildman–Crippen LogP) is 4.06. The number of nitrogens with two attached hydrogens (primary N) is 1. The van der Waals surface area contributed by atoms with Gasteiger partial charge in [0.05, 0.1) is 24.8 Å². The van der Waals surface area contributed by atoms with Crippen molar-refractivity contribution in [2.45, 2.75) is 64.6 Å². The van der Waals surface area contributed by atoms with Gasteiger partial charge in [-0.2, -0.15) is 4.99 Å². The van der Waals surface area contributed by atoms with Gasteiger partial charge in [-0.3, -0.25) is 9.69 Å². The molecule has 5 N–H and O–H groups in total. The van der Waals surface area contributed by atoms with Crippen LogP contribution in [-0.4, -0.2) is 65.0 Å². The van der Waals surface area contributed by atoms with Crippen LogP contribution in [0.25, 0.3) is 0 Å². The third-order valence-corrected chi connectivity index (χ3v) is 8.32. The Labute approximate surface area is 247 Å². The molecule has 3 aliphatic rings. The van der Waals surface area contributed by atoms with Crippen molar-refractivity contribution in [2.24, 2.45) is 16.6 Å². The molecule has 5 rings (SSSR count). The van der Waals surface area contributed by atoms with Gasteiger partial charge in [-0.05, 0) is 80.1 Å². The lowest BCUT2D eigenvalue weighted by molar-refractivity contribution is 0.0947. The van der Waals surface area contributed by atoms with Gasteiger partial charge in [-0.25, -0.2) is 4.79 Å². The zero-order chi connectivity index (χ0) is 29.5. The molecule has 2 aromatic carbocycles. The minimum Gasteiger partial charge on any atom is -0.508 e. The maximum Gasteiger partial charge on any atom is 0.322 e. The van der Waals surface area contributed by atoms with Crippen LogP contribution in [0.4, 0.5) is 4.79 Å². The van der Waals surface area contributed by atoms with Gasteiger partial charge >= 0.3 is 6.03 Å². The fourth-order valence-corrected chi connectivity index (χ4v) is 5.77. The lowest BCUT2D eigenvalue weighted by atomic mass is 9.93. The number of aromatic hydroxyl groups is 1. The fourth-order valence-electron chi connectivity index (χ4n) is 5.77. The van der Waals surface area contributed by atoms with E-state index in [4.69, 9.17) is 10.5 Å². The molecule has 0 radical (unpaired) electrons. The Balaban J connectivity index is 1.05. The average molecular weight is 575 g/mol. The van der Waals surface area contributed by atoms with Crippen LogP contribution in [0.2, 0.25) is 0 Å². The number of phenols is 1. The van der Waals surface area contributed by atoms with Crippen LogP contribution >= 0.6 is 0 Å². The second kappa shape index (κ2) is 13.7. The number of unbranched alkanes of at least 4 members (excludes halogenated alkanes) is 1. The summed E-state index contributed by atoms with van der Waals surface area (Å²) in [6, 6.07) is 14.5. The number of likely N-dealkylation sites (tertiary alicyclic amines) is 1.